The summed E-state index contributed by atoms with van der Waals surface area (Å²) in [5.74, 6) is 0. The van der Waals surface area contributed by atoms with Crippen LogP contribution in [0.15, 0.2) is 12.7 Å². The number of carboxylic acid groups (broad SMARTS) is 1. The second-order valence-corrected chi connectivity index (χ2v) is 5.49. The maximum absolute atomic E-state index is 12.1. The van der Waals surface area contributed by atoms with Crippen molar-refractivity contribution in [3.8, 4) is 0 Å². The van der Waals surface area contributed by atoms with Crippen LogP contribution >= 0.6 is 0 Å². The van der Waals surface area contributed by atoms with Crippen molar-refractivity contribution in [3.63, 3.8) is 0 Å². The largest absolute Gasteiger partial charge is 0.465 e. The third-order valence-corrected chi connectivity index (χ3v) is 4.29. The van der Waals surface area contributed by atoms with E-state index in [1.165, 1.54) is 15.9 Å². The molecule has 2 aliphatic rings. The molecule has 1 spiro atoms. The lowest BCUT2D eigenvalue weighted by atomic mass is 9.83. The number of nitrogens with zero attached hydrogens (tertiary/aromatic N) is 2. The minimum atomic E-state index is -0.972. The SMILES string of the molecule is C=CCOC(=O)N(C)C1CN(C(=O)O)CCC12CCCO2. The molecule has 2 rings (SSSR count). The lowest BCUT2D eigenvalue weighted by Crippen LogP contribution is -2.63. The first-order valence-corrected chi connectivity index (χ1v) is 7.12. The first-order chi connectivity index (χ1) is 10.00. The van der Waals surface area contributed by atoms with Crippen LogP contribution in [0.1, 0.15) is 19.3 Å². The number of likely N-dealkylation sites (N-methyl/N-ethyl adjacent to an activating group) is 1. The molecule has 118 valence electrons. The summed E-state index contributed by atoms with van der Waals surface area (Å²) in [6, 6.07) is -0.331. The van der Waals surface area contributed by atoms with Gasteiger partial charge in [0.1, 0.15) is 6.61 Å². The van der Waals surface area contributed by atoms with Crippen LogP contribution < -0.4 is 0 Å². The molecule has 0 aromatic carbocycles. The maximum Gasteiger partial charge on any atom is 0.410 e. The number of piperidine rings is 1. The smallest absolute Gasteiger partial charge is 0.410 e. The second-order valence-electron chi connectivity index (χ2n) is 5.49. The molecular weight excluding hydrogens is 276 g/mol. The number of ether oxygens (including phenoxy) is 2. The molecule has 2 unspecified atom stereocenters. The van der Waals surface area contributed by atoms with E-state index in [1.54, 1.807) is 7.05 Å². The molecule has 7 nitrogen and oxygen atoms in total. The van der Waals surface area contributed by atoms with Crippen molar-refractivity contribution in [2.24, 2.45) is 0 Å². The van der Waals surface area contributed by atoms with E-state index in [0.29, 0.717) is 19.6 Å². The molecule has 1 N–H and O–H groups in total. The number of rotatable bonds is 3. The first kappa shape index (κ1) is 15.6. The zero-order valence-corrected chi connectivity index (χ0v) is 12.3. The maximum atomic E-state index is 12.1. The number of amides is 2. The average Bonchev–Trinajstić information content (AvgIpc) is 2.93. The van der Waals surface area contributed by atoms with Gasteiger partial charge in [0.25, 0.3) is 0 Å². The van der Waals surface area contributed by atoms with E-state index in [2.05, 4.69) is 6.58 Å². The normalized spacial score (nSPS) is 28.4. The predicted octanol–water partition coefficient (Wildman–Crippen LogP) is 1.54. The highest BCUT2D eigenvalue weighted by molar-refractivity contribution is 5.69. The van der Waals surface area contributed by atoms with E-state index in [0.717, 1.165) is 12.8 Å². The molecule has 2 amide bonds. The Morgan fingerprint density at radius 2 is 2.33 bits per heavy atom. The predicted molar refractivity (Wildman–Crippen MR) is 75.2 cm³/mol. The Kier molecular flexibility index (Phi) is 4.72. The van der Waals surface area contributed by atoms with Crippen LogP contribution in [0.2, 0.25) is 0 Å². The van der Waals surface area contributed by atoms with E-state index in [9.17, 15) is 14.7 Å². The van der Waals surface area contributed by atoms with Gasteiger partial charge in [0.15, 0.2) is 0 Å². The summed E-state index contributed by atoms with van der Waals surface area (Å²) in [4.78, 5) is 26.0. The van der Waals surface area contributed by atoms with Crippen LogP contribution in [0.3, 0.4) is 0 Å². The van der Waals surface area contributed by atoms with Crippen LogP contribution in [-0.2, 0) is 9.47 Å². The number of carbonyl (C=O) groups is 2. The van der Waals surface area contributed by atoms with Gasteiger partial charge in [0.05, 0.1) is 11.6 Å². The summed E-state index contributed by atoms with van der Waals surface area (Å²) < 4.78 is 11.0. The van der Waals surface area contributed by atoms with Crippen LogP contribution in [0.25, 0.3) is 0 Å². The van der Waals surface area contributed by atoms with Crippen molar-refractivity contribution in [1.29, 1.82) is 0 Å². The van der Waals surface area contributed by atoms with Crippen molar-refractivity contribution in [2.45, 2.75) is 30.9 Å². The zero-order chi connectivity index (χ0) is 15.5. The topological polar surface area (TPSA) is 79.3 Å². The van der Waals surface area contributed by atoms with Gasteiger partial charge in [0, 0.05) is 26.7 Å². The molecule has 7 heteroatoms. The summed E-state index contributed by atoms with van der Waals surface area (Å²) in [5, 5.41) is 9.19. The standard InChI is InChI=1S/C14H22N2O5/c1-3-8-20-13(19)15(2)11-10-16(12(17)18)7-6-14(11)5-4-9-21-14/h3,11H,1,4-10H2,2H3,(H,17,18). The summed E-state index contributed by atoms with van der Waals surface area (Å²) in [6.45, 7) is 4.96. The summed E-state index contributed by atoms with van der Waals surface area (Å²) in [6.07, 6.45) is 2.41. The third-order valence-electron chi connectivity index (χ3n) is 4.29. The molecule has 2 saturated heterocycles. The van der Waals surface area contributed by atoms with Gasteiger partial charge in [-0.25, -0.2) is 9.59 Å². The van der Waals surface area contributed by atoms with Crippen molar-refractivity contribution in [2.75, 3.05) is 33.4 Å². The lowest BCUT2D eigenvalue weighted by Gasteiger charge is -2.47. The molecule has 0 saturated carbocycles. The minimum absolute atomic E-state index is 0.131. The minimum Gasteiger partial charge on any atom is -0.465 e. The van der Waals surface area contributed by atoms with E-state index < -0.39 is 17.8 Å². The number of hydrogen-bond donors (Lipinski definition) is 1. The number of likely N-dealkylation sites (tertiary alicyclic amines) is 1. The second kappa shape index (κ2) is 6.34. The van der Waals surface area contributed by atoms with Crippen molar-refractivity contribution < 1.29 is 24.2 Å². The summed E-state index contributed by atoms with van der Waals surface area (Å²) in [7, 11) is 1.63. The highest BCUT2D eigenvalue weighted by atomic mass is 16.6. The van der Waals surface area contributed by atoms with Gasteiger partial charge in [-0.2, -0.15) is 0 Å². The third kappa shape index (κ3) is 3.12. The number of carbonyl (C=O) groups excluding carboxylic acids is 1. The van der Waals surface area contributed by atoms with Crippen molar-refractivity contribution in [1.82, 2.24) is 9.80 Å². The Labute approximate surface area is 124 Å². The quantitative estimate of drug-likeness (QED) is 0.800. The van der Waals surface area contributed by atoms with Crippen LogP contribution in [0.5, 0.6) is 0 Å². The number of hydrogen-bond acceptors (Lipinski definition) is 4. The highest BCUT2D eigenvalue weighted by Gasteiger charge is 2.50. The van der Waals surface area contributed by atoms with Gasteiger partial charge in [-0.3, -0.25) is 0 Å². The van der Waals surface area contributed by atoms with Crippen molar-refractivity contribution in [3.05, 3.63) is 12.7 Å². The fraction of sp³-hybridized carbons (Fsp3) is 0.714. The molecular formula is C14H22N2O5. The monoisotopic (exact) mass is 298 g/mol. The van der Waals surface area contributed by atoms with Gasteiger partial charge in [-0.15, -0.1) is 0 Å². The zero-order valence-electron chi connectivity index (χ0n) is 12.3. The molecule has 0 radical (unpaired) electrons. The fourth-order valence-corrected chi connectivity index (χ4v) is 3.14. The Balaban J connectivity index is 2.14. The van der Waals surface area contributed by atoms with Gasteiger partial charge in [-0.1, -0.05) is 12.7 Å². The van der Waals surface area contributed by atoms with E-state index in [1.807, 2.05) is 0 Å². The molecule has 2 fully saturated rings. The van der Waals surface area contributed by atoms with E-state index >= 15 is 0 Å². The van der Waals surface area contributed by atoms with Crippen LogP contribution in [0.4, 0.5) is 9.59 Å². The molecule has 2 atom stereocenters. The molecule has 2 heterocycles. The van der Waals surface area contributed by atoms with Gasteiger partial charge in [0.2, 0.25) is 0 Å². The molecule has 0 aliphatic carbocycles. The first-order valence-electron chi connectivity index (χ1n) is 7.12. The summed E-state index contributed by atoms with van der Waals surface area (Å²) >= 11 is 0. The van der Waals surface area contributed by atoms with E-state index in [-0.39, 0.29) is 19.2 Å². The Hall–Kier alpha value is -1.76. The van der Waals surface area contributed by atoms with Gasteiger partial charge in [-0.05, 0) is 19.3 Å². The molecule has 0 aromatic rings. The Morgan fingerprint density at radius 1 is 1.57 bits per heavy atom. The lowest BCUT2D eigenvalue weighted by molar-refractivity contribution is -0.0918. The van der Waals surface area contributed by atoms with E-state index in [4.69, 9.17) is 9.47 Å². The molecule has 0 bridgehead atoms. The molecule has 21 heavy (non-hydrogen) atoms. The summed E-state index contributed by atoms with van der Waals surface area (Å²) in [5.41, 5.74) is -0.450. The molecule has 2 aliphatic heterocycles. The molecule has 0 aromatic heterocycles. The van der Waals surface area contributed by atoms with Gasteiger partial charge >= 0.3 is 12.2 Å². The fourth-order valence-electron chi connectivity index (χ4n) is 3.14. The van der Waals surface area contributed by atoms with Crippen LogP contribution in [0, 0.1) is 0 Å². The van der Waals surface area contributed by atoms with Crippen molar-refractivity contribution >= 4 is 12.2 Å². The van der Waals surface area contributed by atoms with Crippen LogP contribution in [-0.4, -0.2) is 72.1 Å². The Bertz CT molecular complexity index is 420. The average molecular weight is 298 g/mol. The Morgan fingerprint density at radius 3 is 2.90 bits per heavy atom. The van der Waals surface area contributed by atoms with Gasteiger partial charge < -0.3 is 24.4 Å². The highest BCUT2D eigenvalue weighted by Crippen LogP contribution is 2.38.